The van der Waals surface area contributed by atoms with Crippen LogP contribution in [-0.2, 0) is 4.79 Å². The first kappa shape index (κ1) is 10.4. The molecule has 0 bridgehead atoms. The van der Waals surface area contributed by atoms with Gasteiger partial charge < -0.3 is 5.32 Å². The third-order valence-electron chi connectivity index (χ3n) is 2.13. The van der Waals surface area contributed by atoms with Crippen molar-refractivity contribution in [3.05, 3.63) is 25.3 Å². The molecule has 0 saturated heterocycles. The van der Waals surface area contributed by atoms with E-state index < -0.39 is 0 Å². The van der Waals surface area contributed by atoms with Gasteiger partial charge in [-0.15, -0.1) is 0 Å². The van der Waals surface area contributed by atoms with Gasteiger partial charge in [0.1, 0.15) is 12.7 Å². The van der Waals surface area contributed by atoms with Gasteiger partial charge in [0.2, 0.25) is 5.91 Å². The van der Waals surface area contributed by atoms with E-state index in [1.165, 1.54) is 12.4 Å². The minimum absolute atomic E-state index is 0.0119. The zero-order valence-electron chi connectivity index (χ0n) is 8.34. The number of nitrogens with one attached hydrogen (secondary N) is 1. The summed E-state index contributed by atoms with van der Waals surface area (Å²) in [5.74, 6) is -0.176. The van der Waals surface area contributed by atoms with Crippen LogP contribution in [0.1, 0.15) is 19.9 Å². The molecule has 0 aliphatic heterocycles. The molecule has 0 aliphatic carbocycles. The molecule has 0 spiro atoms. The highest BCUT2D eigenvalue weighted by molar-refractivity contribution is 5.87. The Labute approximate surface area is 82.8 Å². The molecule has 0 saturated carbocycles. The predicted octanol–water partition coefficient (Wildman–Crippen LogP) is 0.530. The van der Waals surface area contributed by atoms with Gasteiger partial charge in [-0.2, -0.15) is 5.10 Å². The van der Waals surface area contributed by atoms with Gasteiger partial charge in [0.25, 0.3) is 0 Å². The van der Waals surface area contributed by atoms with Crippen molar-refractivity contribution >= 4 is 5.91 Å². The fourth-order valence-electron chi connectivity index (χ4n) is 1.06. The molecule has 5 heteroatoms. The molecule has 1 aromatic heterocycles. The zero-order valence-corrected chi connectivity index (χ0v) is 8.34. The summed E-state index contributed by atoms with van der Waals surface area (Å²) in [6, 6.07) is 0.0589. The lowest BCUT2D eigenvalue weighted by Crippen LogP contribution is -2.37. The van der Waals surface area contributed by atoms with Gasteiger partial charge in [0.15, 0.2) is 0 Å². The molecule has 1 rings (SSSR count). The van der Waals surface area contributed by atoms with Crippen LogP contribution in [0.3, 0.4) is 0 Å². The molecule has 1 heterocycles. The minimum Gasteiger partial charge on any atom is -0.348 e. The Morgan fingerprint density at radius 3 is 2.86 bits per heavy atom. The van der Waals surface area contributed by atoms with Gasteiger partial charge >= 0.3 is 0 Å². The number of carbonyl (C=O) groups is 1. The first-order valence-electron chi connectivity index (χ1n) is 4.42. The smallest absolute Gasteiger partial charge is 0.243 e. The predicted molar refractivity (Wildman–Crippen MR) is 52.5 cm³/mol. The molecular formula is C9H14N4O. The maximum Gasteiger partial charge on any atom is 0.243 e. The Morgan fingerprint density at radius 1 is 1.64 bits per heavy atom. The van der Waals surface area contributed by atoms with Crippen molar-refractivity contribution in [1.82, 2.24) is 20.1 Å². The lowest BCUT2D eigenvalue weighted by Gasteiger charge is -2.20. The van der Waals surface area contributed by atoms with Gasteiger partial charge in [0, 0.05) is 6.04 Å². The van der Waals surface area contributed by atoms with E-state index in [0.717, 1.165) is 0 Å². The van der Waals surface area contributed by atoms with Crippen molar-refractivity contribution in [3.63, 3.8) is 0 Å². The van der Waals surface area contributed by atoms with E-state index in [1.54, 1.807) is 11.0 Å². The second kappa shape index (κ2) is 4.55. The monoisotopic (exact) mass is 194 g/mol. The molecule has 0 aliphatic rings. The average Bonchev–Trinajstić information content (AvgIpc) is 2.69. The number of carbonyl (C=O) groups excluding carboxylic acids is 1. The molecule has 14 heavy (non-hydrogen) atoms. The Morgan fingerprint density at radius 2 is 2.36 bits per heavy atom. The van der Waals surface area contributed by atoms with Crippen molar-refractivity contribution in [2.24, 2.45) is 0 Å². The van der Waals surface area contributed by atoms with E-state index in [-0.39, 0.29) is 18.0 Å². The molecule has 0 radical (unpaired) electrons. The molecule has 1 N–H and O–H groups in total. The van der Waals surface area contributed by atoms with Gasteiger partial charge in [0.05, 0.1) is 6.04 Å². The highest BCUT2D eigenvalue weighted by atomic mass is 16.1. The molecule has 0 fully saturated rings. The summed E-state index contributed by atoms with van der Waals surface area (Å²) < 4.78 is 1.70. The SMILES string of the molecule is C=CC(=O)N[C@H](C)[C@H](C)n1cncn1. The van der Waals surface area contributed by atoms with Crippen LogP contribution in [0, 0.1) is 0 Å². The summed E-state index contributed by atoms with van der Waals surface area (Å²) in [6.45, 7) is 7.26. The normalized spacial score (nSPS) is 14.4. The van der Waals surface area contributed by atoms with Crippen LogP contribution >= 0.6 is 0 Å². The summed E-state index contributed by atoms with van der Waals surface area (Å²) in [5.41, 5.74) is 0. The van der Waals surface area contributed by atoms with Gasteiger partial charge in [-0.25, -0.2) is 9.67 Å². The van der Waals surface area contributed by atoms with Crippen LogP contribution in [0.25, 0.3) is 0 Å². The van der Waals surface area contributed by atoms with E-state index in [0.29, 0.717) is 0 Å². The lowest BCUT2D eigenvalue weighted by atomic mass is 10.2. The summed E-state index contributed by atoms with van der Waals surface area (Å²) in [6.07, 6.45) is 4.35. The van der Waals surface area contributed by atoms with E-state index in [9.17, 15) is 4.79 Å². The van der Waals surface area contributed by atoms with Crippen molar-refractivity contribution < 1.29 is 4.79 Å². The molecule has 1 aromatic rings. The second-order valence-electron chi connectivity index (χ2n) is 3.12. The van der Waals surface area contributed by atoms with E-state index in [4.69, 9.17) is 0 Å². The van der Waals surface area contributed by atoms with E-state index in [1.807, 2.05) is 13.8 Å². The first-order chi connectivity index (χ1) is 6.65. The molecule has 5 nitrogen and oxygen atoms in total. The van der Waals surface area contributed by atoms with Crippen molar-refractivity contribution in [2.75, 3.05) is 0 Å². The van der Waals surface area contributed by atoms with Crippen molar-refractivity contribution in [3.8, 4) is 0 Å². The Balaban J connectivity index is 2.57. The molecule has 2 atom stereocenters. The highest BCUT2D eigenvalue weighted by Crippen LogP contribution is 2.07. The standard InChI is InChI=1S/C9H14N4O/c1-4-9(14)12-7(2)8(3)13-6-10-5-11-13/h4-8H,1H2,2-3H3,(H,12,14)/t7-,8+/m1/s1. The van der Waals surface area contributed by atoms with Crippen LogP contribution in [0.15, 0.2) is 25.3 Å². The quantitative estimate of drug-likeness (QED) is 0.711. The largest absolute Gasteiger partial charge is 0.348 e. The summed E-state index contributed by atoms with van der Waals surface area (Å²) >= 11 is 0. The third-order valence-corrected chi connectivity index (χ3v) is 2.13. The van der Waals surface area contributed by atoms with E-state index in [2.05, 4.69) is 22.0 Å². The second-order valence-corrected chi connectivity index (χ2v) is 3.12. The fraction of sp³-hybridized carbons (Fsp3) is 0.444. The average molecular weight is 194 g/mol. The van der Waals surface area contributed by atoms with E-state index >= 15 is 0 Å². The summed E-state index contributed by atoms with van der Waals surface area (Å²) in [7, 11) is 0. The number of hydrogen-bond donors (Lipinski definition) is 1. The zero-order chi connectivity index (χ0) is 10.6. The molecular weight excluding hydrogens is 180 g/mol. The summed E-state index contributed by atoms with van der Waals surface area (Å²) in [5, 5.41) is 6.77. The molecule has 76 valence electrons. The number of aromatic nitrogens is 3. The van der Waals surface area contributed by atoms with Crippen LogP contribution in [0.2, 0.25) is 0 Å². The van der Waals surface area contributed by atoms with Gasteiger partial charge in [-0.3, -0.25) is 4.79 Å². The van der Waals surface area contributed by atoms with Crippen LogP contribution in [-0.4, -0.2) is 26.7 Å². The first-order valence-corrected chi connectivity index (χ1v) is 4.42. The Kier molecular flexibility index (Phi) is 3.39. The third kappa shape index (κ3) is 2.42. The topological polar surface area (TPSA) is 59.8 Å². The van der Waals surface area contributed by atoms with Crippen molar-refractivity contribution in [2.45, 2.75) is 25.9 Å². The Hall–Kier alpha value is -1.65. The maximum absolute atomic E-state index is 11.0. The molecule has 1 amide bonds. The van der Waals surface area contributed by atoms with Gasteiger partial charge in [-0.05, 0) is 19.9 Å². The number of rotatable bonds is 4. The highest BCUT2D eigenvalue weighted by Gasteiger charge is 2.15. The maximum atomic E-state index is 11.0. The minimum atomic E-state index is -0.176. The van der Waals surface area contributed by atoms with Gasteiger partial charge in [-0.1, -0.05) is 6.58 Å². The van der Waals surface area contributed by atoms with Crippen LogP contribution < -0.4 is 5.32 Å². The lowest BCUT2D eigenvalue weighted by molar-refractivity contribution is -0.117. The number of hydrogen-bond acceptors (Lipinski definition) is 3. The number of amides is 1. The number of nitrogens with zero attached hydrogens (tertiary/aromatic N) is 3. The summed E-state index contributed by atoms with van der Waals surface area (Å²) in [4.78, 5) is 14.9. The van der Waals surface area contributed by atoms with Crippen LogP contribution in [0.4, 0.5) is 0 Å². The van der Waals surface area contributed by atoms with Crippen LogP contribution in [0.5, 0.6) is 0 Å². The fourth-order valence-corrected chi connectivity index (χ4v) is 1.06. The Bertz CT molecular complexity index is 307. The molecule has 0 unspecified atom stereocenters. The molecule has 0 aromatic carbocycles. The van der Waals surface area contributed by atoms with Crippen molar-refractivity contribution in [1.29, 1.82) is 0 Å².